The summed E-state index contributed by atoms with van der Waals surface area (Å²) in [5.74, 6) is 0. The molecule has 0 saturated heterocycles. The summed E-state index contributed by atoms with van der Waals surface area (Å²) in [6.07, 6.45) is 0. The van der Waals surface area contributed by atoms with Crippen LogP contribution in [0.2, 0.25) is 0 Å². The van der Waals surface area contributed by atoms with Crippen molar-refractivity contribution in [2.45, 2.75) is 0 Å². The minimum Gasteiger partial charge on any atom is -1.00 e. The van der Waals surface area contributed by atoms with Gasteiger partial charge in [0.15, 0.2) is 0 Å². The van der Waals surface area contributed by atoms with Crippen molar-refractivity contribution in [3.8, 4) is 0 Å². The Morgan fingerprint density at radius 3 is 1.43 bits per heavy atom. The molecule has 0 aliphatic heterocycles. The van der Waals surface area contributed by atoms with E-state index >= 15 is 0 Å². The van der Waals surface area contributed by atoms with Crippen LogP contribution in [0, 0.1) is 0 Å². The third-order valence-corrected chi connectivity index (χ3v) is 3.99. The summed E-state index contributed by atoms with van der Waals surface area (Å²) in [6, 6.07) is 0. The maximum absolute atomic E-state index is 9.97. The molecule has 126 valence electrons. The van der Waals surface area contributed by atoms with Crippen LogP contribution in [0.3, 0.4) is 0 Å². The van der Waals surface area contributed by atoms with Gasteiger partial charge in [-0.05, 0) is 0 Å². The fraction of sp³-hybridized carbons (Fsp3) is 0. The molecule has 0 bridgehead atoms. The molecule has 0 amide bonds. The topological polar surface area (TPSA) is 261 Å². The molecule has 0 aromatic rings. The molecule has 0 aromatic carbocycles. The zero-order valence-electron chi connectivity index (χ0n) is 10.5. The number of hydrogen-bond acceptors (Lipinski definition) is 12. The summed E-state index contributed by atoms with van der Waals surface area (Å²) in [5.41, 5.74) is 0. The third-order valence-electron chi connectivity index (χ3n) is 0.573. The van der Waals surface area contributed by atoms with Crippen LogP contribution in [-0.2, 0) is 46.9 Å². The van der Waals surface area contributed by atoms with Gasteiger partial charge in [-0.25, -0.2) is 19.6 Å². The maximum atomic E-state index is 9.97. The molecule has 0 aliphatic rings. The molecule has 0 rings (SSSR count). The molecule has 1 atom stereocenters. The van der Waals surface area contributed by atoms with E-state index in [0.717, 1.165) is 0 Å². The predicted octanol–water partition coefficient (Wildman–Crippen LogP) is -4.66. The summed E-state index contributed by atoms with van der Waals surface area (Å²) in [6.45, 7) is 0. The van der Waals surface area contributed by atoms with Gasteiger partial charge in [-0.3, -0.25) is 4.55 Å². The molecular weight excluding hydrogens is 405 g/mol. The van der Waals surface area contributed by atoms with Gasteiger partial charge in [0, 0.05) is 0 Å². The smallest absolute Gasteiger partial charge is 1.00 e. The number of rotatable bonds is 6. The second-order valence-electron chi connectivity index (χ2n) is 2.10. The summed E-state index contributed by atoms with van der Waals surface area (Å²) >= 11 is 0. The minimum absolute atomic E-state index is 0. The van der Waals surface area contributed by atoms with Crippen molar-refractivity contribution in [3.05, 3.63) is 0 Å². The van der Waals surface area contributed by atoms with Crippen molar-refractivity contribution >= 4 is 36.4 Å². The first-order valence-corrected chi connectivity index (χ1v) is 8.95. The Morgan fingerprint density at radius 1 is 0.952 bits per heavy atom. The zero-order chi connectivity index (χ0) is 16.8. The molecule has 16 nitrogen and oxygen atoms in total. The summed E-state index contributed by atoms with van der Waals surface area (Å²) in [7, 11) is -20.3. The Kier molecular flexibility index (Phi) is 12.7. The Hall–Kier alpha value is 0.960. The molecule has 21 heavy (non-hydrogen) atoms. The maximum Gasteiger partial charge on any atom is 1.00 e. The van der Waals surface area contributed by atoms with Crippen LogP contribution >= 0.6 is 15.6 Å². The van der Waals surface area contributed by atoms with E-state index < -0.39 is 36.4 Å². The van der Waals surface area contributed by atoms with Gasteiger partial charge < -0.3 is 16.1 Å². The Bertz CT molecular complexity index is 582. The largest absolute Gasteiger partial charge is 1.00 e. The monoisotopic (exact) mass is 412 g/mol. The number of hydrogen-bond donors (Lipinski definition) is 6. The van der Waals surface area contributed by atoms with Crippen molar-refractivity contribution in [1.82, 2.24) is 0 Å². The van der Waals surface area contributed by atoms with E-state index in [1.807, 2.05) is 0 Å². The third kappa shape index (κ3) is 21.0. The van der Waals surface area contributed by atoms with Gasteiger partial charge in [0.1, 0.15) is 0 Å². The minimum atomic E-state index is -5.17. The Labute approximate surface area is 140 Å². The van der Waals surface area contributed by atoms with Gasteiger partial charge in [-0.15, -0.1) is 4.67 Å². The fourth-order valence-corrected chi connectivity index (χ4v) is 2.40. The van der Waals surface area contributed by atoms with E-state index in [1.54, 1.807) is 0 Å². The van der Waals surface area contributed by atoms with Crippen LogP contribution in [0.5, 0.6) is 0 Å². The quantitative estimate of drug-likeness (QED) is 0.0787. The van der Waals surface area contributed by atoms with Gasteiger partial charge in [0.05, 0.1) is 0 Å². The average Bonchev–Trinajstić information content (AvgIpc) is 2.11. The van der Waals surface area contributed by atoms with Crippen LogP contribution in [-0.4, -0.2) is 46.6 Å². The molecule has 6 N–H and O–H groups in total. The van der Waals surface area contributed by atoms with Crippen molar-refractivity contribution < 1.29 is 104 Å². The molecule has 0 heterocycles. The summed E-state index contributed by atoms with van der Waals surface area (Å²) in [4.78, 5) is 23.7. The average molecular weight is 412 g/mol. The molecule has 0 saturated carbocycles. The van der Waals surface area contributed by atoms with Gasteiger partial charge in [-0.1, -0.05) is 7.96 Å². The van der Waals surface area contributed by atoms with Crippen LogP contribution in [0.15, 0.2) is 0 Å². The van der Waals surface area contributed by atoms with Gasteiger partial charge in [0.25, 0.3) is 0 Å². The predicted molar refractivity (Wildman–Crippen MR) is 53.0 cm³/mol. The van der Waals surface area contributed by atoms with E-state index in [1.165, 1.54) is 0 Å². The Morgan fingerprint density at radius 2 is 1.33 bits per heavy atom. The summed E-state index contributed by atoms with van der Waals surface area (Å²) in [5, 5.41) is 14.8. The summed E-state index contributed by atoms with van der Waals surface area (Å²) < 4.78 is 77.2. The molecule has 0 radical (unpaired) electrons. The molecule has 0 aliphatic carbocycles. The van der Waals surface area contributed by atoms with Crippen LogP contribution in [0.4, 0.5) is 0 Å². The van der Waals surface area contributed by atoms with Crippen molar-refractivity contribution in [2.24, 2.45) is 0 Å². The molecular formula is H7NaO16P2S2. The van der Waals surface area contributed by atoms with Gasteiger partial charge in [0.2, 0.25) is 0 Å². The molecule has 21 heteroatoms. The van der Waals surface area contributed by atoms with Crippen LogP contribution in [0.1, 0.15) is 1.43 Å². The van der Waals surface area contributed by atoms with E-state index in [9.17, 15) is 26.0 Å². The standard InChI is InChI=1S/Na.H4O8P2.H2O8S2.H/c;2*1-7-10(5,6)8-9(2,3)4;/h;1H,(H,5,6)(H2,2,3,4);1H,(H,2,3,4);/q+1;;;-1. The first kappa shape index (κ1) is 26.8. The van der Waals surface area contributed by atoms with E-state index in [-0.39, 0.29) is 31.0 Å². The van der Waals surface area contributed by atoms with Crippen molar-refractivity contribution in [3.63, 3.8) is 0 Å². The van der Waals surface area contributed by atoms with Gasteiger partial charge >= 0.3 is 66.0 Å². The second-order valence-corrected chi connectivity index (χ2v) is 7.20. The second kappa shape index (κ2) is 9.96. The van der Waals surface area contributed by atoms with E-state index in [0.29, 0.717) is 0 Å². The molecule has 0 spiro atoms. The zero-order valence-corrected chi connectivity index (χ0v) is 14.9. The SMILES string of the molecule is O=P(O)(O)OP(=O)(O)OO.O=S(=O)(O)OS(=O)(=O)OO.[H-].[Na+]. The van der Waals surface area contributed by atoms with Gasteiger partial charge in [-0.2, -0.15) is 21.1 Å². The molecule has 0 aromatic heterocycles. The normalized spacial score (nSPS) is 15.1. The Balaban J connectivity index is -0.000000135. The van der Waals surface area contributed by atoms with E-state index in [2.05, 4.69) is 16.9 Å². The first-order chi connectivity index (χ1) is 8.54. The fourth-order valence-electron chi connectivity index (χ4n) is 0.267. The van der Waals surface area contributed by atoms with Crippen molar-refractivity contribution in [1.29, 1.82) is 0 Å². The van der Waals surface area contributed by atoms with Crippen LogP contribution < -0.4 is 29.6 Å². The van der Waals surface area contributed by atoms with Crippen LogP contribution in [0.25, 0.3) is 0 Å². The molecule has 0 fully saturated rings. The first-order valence-electron chi connectivity index (χ1n) is 3.23. The van der Waals surface area contributed by atoms with E-state index in [4.69, 9.17) is 29.7 Å². The van der Waals surface area contributed by atoms with Crippen molar-refractivity contribution in [2.75, 3.05) is 0 Å². The number of phosphoric acid groups is 2. The molecule has 1 unspecified atom stereocenters.